The van der Waals surface area contributed by atoms with Crippen LogP contribution in [0.2, 0.25) is 10.0 Å². The molecule has 0 radical (unpaired) electrons. The number of hydrogen-bond acceptors (Lipinski definition) is 5. The van der Waals surface area contributed by atoms with Crippen molar-refractivity contribution in [1.29, 1.82) is 0 Å². The molecule has 3 amide bonds. The number of anilines is 2. The van der Waals surface area contributed by atoms with Gasteiger partial charge in [0.25, 0.3) is 11.8 Å². The molecule has 1 unspecified atom stereocenters. The normalized spacial score (nSPS) is 11.9. The van der Waals surface area contributed by atoms with E-state index >= 15 is 0 Å². The van der Waals surface area contributed by atoms with Crippen LogP contribution in [0, 0.1) is 0 Å². The number of benzene rings is 3. The van der Waals surface area contributed by atoms with Gasteiger partial charge in [0.1, 0.15) is 11.5 Å². The molecule has 1 atom stereocenters. The van der Waals surface area contributed by atoms with E-state index in [1.54, 1.807) is 85.8 Å². The van der Waals surface area contributed by atoms with Crippen molar-refractivity contribution in [3.05, 3.63) is 118 Å². The minimum absolute atomic E-state index is 0.00412. The number of hydrogen-bond donors (Lipinski definition) is 3. The van der Waals surface area contributed by atoms with Crippen LogP contribution in [0.15, 0.2) is 106 Å². The Hall–Kier alpha value is -3.98. The first-order valence-corrected chi connectivity index (χ1v) is 13.4. The van der Waals surface area contributed by atoms with E-state index in [9.17, 15) is 14.4 Å². The number of thioether (sulfide) groups is 1. The Morgan fingerprint density at radius 2 is 1.69 bits per heavy atom. The summed E-state index contributed by atoms with van der Waals surface area (Å²) in [6.07, 6.45) is 2.92. The lowest BCUT2D eigenvalue weighted by Gasteiger charge is -2.14. The fraction of sp³-hybridized carbons (Fsp3) is 0.0690. The van der Waals surface area contributed by atoms with Crippen LogP contribution in [0.4, 0.5) is 11.4 Å². The van der Waals surface area contributed by atoms with Gasteiger partial charge in [-0.2, -0.15) is 0 Å². The third kappa shape index (κ3) is 8.00. The summed E-state index contributed by atoms with van der Waals surface area (Å²) in [5.41, 5.74) is 1.36. The zero-order valence-corrected chi connectivity index (χ0v) is 22.9. The van der Waals surface area contributed by atoms with Gasteiger partial charge in [-0.3, -0.25) is 14.4 Å². The Morgan fingerprint density at radius 3 is 2.41 bits per heavy atom. The molecule has 1 heterocycles. The number of halogens is 2. The Labute approximate surface area is 239 Å². The number of carbonyl (C=O) groups excluding carboxylic acids is 3. The Bertz CT molecular complexity index is 1510. The summed E-state index contributed by atoms with van der Waals surface area (Å²) >= 11 is 13.4. The molecule has 0 aliphatic heterocycles. The Morgan fingerprint density at radius 1 is 0.897 bits per heavy atom. The van der Waals surface area contributed by atoms with Crippen molar-refractivity contribution < 1.29 is 18.8 Å². The topological polar surface area (TPSA) is 100 Å². The van der Waals surface area contributed by atoms with E-state index in [1.807, 2.05) is 6.07 Å². The Kier molecular flexibility index (Phi) is 9.49. The van der Waals surface area contributed by atoms with Crippen molar-refractivity contribution in [3.8, 4) is 0 Å². The summed E-state index contributed by atoms with van der Waals surface area (Å²) in [6, 6.07) is 23.8. The van der Waals surface area contributed by atoms with E-state index in [4.69, 9.17) is 27.6 Å². The highest BCUT2D eigenvalue weighted by Gasteiger charge is 2.18. The standard InChI is InChI=1S/C29H23Cl2N3O4S/c1-18(27(35)33-25-13-12-20(30)15-24(25)31)39-23-11-5-9-21(16-23)32-29(37)26(17-22-10-6-14-38-22)34-28(36)19-7-3-2-4-8-19/h2-18H,1H3,(H,32,37)(H,33,35)(H,34,36)/b26-17-. The first kappa shape index (κ1) is 28.0. The lowest BCUT2D eigenvalue weighted by Crippen LogP contribution is -2.30. The van der Waals surface area contributed by atoms with Gasteiger partial charge in [0, 0.05) is 27.2 Å². The molecule has 4 rings (SSSR count). The van der Waals surface area contributed by atoms with Crippen molar-refractivity contribution in [2.24, 2.45) is 0 Å². The monoisotopic (exact) mass is 579 g/mol. The highest BCUT2D eigenvalue weighted by atomic mass is 35.5. The van der Waals surface area contributed by atoms with E-state index in [0.717, 1.165) is 4.90 Å². The molecular formula is C29H23Cl2N3O4S. The minimum atomic E-state index is -0.541. The molecule has 1 aromatic heterocycles. The molecule has 7 nitrogen and oxygen atoms in total. The average Bonchev–Trinajstić information content (AvgIpc) is 3.43. The first-order chi connectivity index (χ1) is 18.8. The maximum absolute atomic E-state index is 13.2. The molecule has 0 saturated carbocycles. The molecule has 0 fully saturated rings. The second-order valence-corrected chi connectivity index (χ2v) is 10.5. The molecule has 0 saturated heterocycles. The summed E-state index contributed by atoms with van der Waals surface area (Å²) < 4.78 is 5.33. The summed E-state index contributed by atoms with van der Waals surface area (Å²) in [7, 11) is 0. The van der Waals surface area contributed by atoms with Crippen LogP contribution in [-0.4, -0.2) is 23.0 Å². The Balaban J connectivity index is 1.44. The summed E-state index contributed by atoms with van der Waals surface area (Å²) in [4.78, 5) is 39.4. The van der Waals surface area contributed by atoms with Crippen molar-refractivity contribution in [1.82, 2.24) is 5.32 Å². The fourth-order valence-corrected chi connectivity index (χ4v) is 4.77. The lowest BCUT2D eigenvalue weighted by atomic mass is 10.2. The lowest BCUT2D eigenvalue weighted by molar-refractivity contribution is -0.115. The number of amides is 3. The number of rotatable bonds is 9. The smallest absolute Gasteiger partial charge is 0.272 e. The summed E-state index contributed by atoms with van der Waals surface area (Å²) in [5.74, 6) is -0.820. The van der Waals surface area contributed by atoms with Gasteiger partial charge in [-0.15, -0.1) is 11.8 Å². The second kappa shape index (κ2) is 13.2. The third-order valence-corrected chi connectivity index (χ3v) is 6.96. The van der Waals surface area contributed by atoms with Crippen LogP contribution >= 0.6 is 35.0 Å². The maximum Gasteiger partial charge on any atom is 0.272 e. The molecule has 0 spiro atoms. The van der Waals surface area contributed by atoms with Crippen molar-refractivity contribution in [2.75, 3.05) is 10.6 Å². The SMILES string of the molecule is CC(Sc1cccc(NC(=O)/C(=C/c2ccco2)NC(=O)c2ccccc2)c1)C(=O)Nc1ccc(Cl)cc1Cl. The van der Waals surface area contributed by atoms with Gasteiger partial charge in [0.2, 0.25) is 5.91 Å². The maximum atomic E-state index is 13.2. The van der Waals surface area contributed by atoms with Crippen LogP contribution < -0.4 is 16.0 Å². The van der Waals surface area contributed by atoms with Crippen LogP contribution in [0.25, 0.3) is 6.08 Å². The van der Waals surface area contributed by atoms with Crippen LogP contribution in [0.3, 0.4) is 0 Å². The zero-order valence-electron chi connectivity index (χ0n) is 20.6. The molecule has 4 aromatic rings. The van der Waals surface area contributed by atoms with Gasteiger partial charge in [0.15, 0.2) is 0 Å². The van der Waals surface area contributed by atoms with Crippen molar-refractivity contribution in [3.63, 3.8) is 0 Å². The molecule has 10 heteroatoms. The van der Waals surface area contributed by atoms with Gasteiger partial charge < -0.3 is 20.4 Å². The number of carbonyl (C=O) groups is 3. The molecule has 3 aromatic carbocycles. The highest BCUT2D eigenvalue weighted by Crippen LogP contribution is 2.29. The summed E-state index contributed by atoms with van der Waals surface area (Å²) in [5, 5.41) is 8.60. The average molecular weight is 580 g/mol. The van der Waals surface area contributed by atoms with E-state index in [-0.39, 0.29) is 11.6 Å². The van der Waals surface area contributed by atoms with E-state index < -0.39 is 17.1 Å². The van der Waals surface area contributed by atoms with Crippen LogP contribution in [0.5, 0.6) is 0 Å². The van der Waals surface area contributed by atoms with Crippen LogP contribution in [0.1, 0.15) is 23.0 Å². The predicted octanol–water partition coefficient (Wildman–Crippen LogP) is 7.12. The number of furan rings is 1. The zero-order chi connectivity index (χ0) is 27.8. The van der Waals surface area contributed by atoms with Crippen molar-refractivity contribution >= 4 is 70.1 Å². The largest absolute Gasteiger partial charge is 0.465 e. The van der Waals surface area contributed by atoms with Crippen molar-refractivity contribution in [2.45, 2.75) is 17.1 Å². The summed E-state index contributed by atoms with van der Waals surface area (Å²) in [6.45, 7) is 1.76. The van der Waals surface area contributed by atoms with Gasteiger partial charge in [-0.25, -0.2) is 0 Å². The van der Waals surface area contributed by atoms with E-state index in [0.29, 0.717) is 32.7 Å². The second-order valence-electron chi connectivity index (χ2n) is 8.25. The van der Waals surface area contributed by atoms with E-state index in [1.165, 1.54) is 24.1 Å². The van der Waals surface area contributed by atoms with Gasteiger partial charge in [-0.05, 0) is 67.6 Å². The van der Waals surface area contributed by atoms with Gasteiger partial charge in [-0.1, -0.05) is 47.5 Å². The molecule has 0 aliphatic rings. The molecule has 0 aliphatic carbocycles. The van der Waals surface area contributed by atoms with Crippen LogP contribution in [-0.2, 0) is 9.59 Å². The fourth-order valence-electron chi connectivity index (χ4n) is 3.39. The highest BCUT2D eigenvalue weighted by molar-refractivity contribution is 8.00. The van der Waals surface area contributed by atoms with Gasteiger partial charge in [0.05, 0.1) is 22.2 Å². The first-order valence-electron chi connectivity index (χ1n) is 11.7. The third-order valence-electron chi connectivity index (χ3n) is 5.32. The quantitative estimate of drug-likeness (QED) is 0.145. The molecule has 198 valence electrons. The predicted molar refractivity (Wildman–Crippen MR) is 156 cm³/mol. The van der Waals surface area contributed by atoms with Gasteiger partial charge >= 0.3 is 0 Å². The molecule has 39 heavy (non-hydrogen) atoms. The minimum Gasteiger partial charge on any atom is -0.465 e. The van der Waals surface area contributed by atoms with E-state index in [2.05, 4.69) is 16.0 Å². The number of nitrogens with one attached hydrogen (secondary N) is 3. The molecule has 3 N–H and O–H groups in total. The molecule has 0 bridgehead atoms. The molecular weight excluding hydrogens is 557 g/mol.